The molecule has 1 aromatic rings. The van der Waals surface area contributed by atoms with Crippen molar-refractivity contribution in [2.24, 2.45) is 16.7 Å². The second kappa shape index (κ2) is 3.91. The van der Waals surface area contributed by atoms with Gasteiger partial charge in [-0.15, -0.1) is 0 Å². The first-order chi connectivity index (χ1) is 5.63. The number of hydrogen-bond donors (Lipinski definition) is 2. The second-order valence-electron chi connectivity index (χ2n) is 2.17. The van der Waals surface area contributed by atoms with Crippen LogP contribution in [-0.4, -0.2) is 5.84 Å². The molecule has 4 N–H and O–H groups in total. The van der Waals surface area contributed by atoms with E-state index in [0.29, 0.717) is 5.84 Å². The molecule has 0 saturated carbocycles. The van der Waals surface area contributed by atoms with Gasteiger partial charge in [0.15, 0.2) is 0 Å². The predicted octanol–water partition coefficient (Wildman–Crippen LogP) is 1.79. The number of halogens is 2. The molecule has 0 unspecified atom stereocenters. The summed E-state index contributed by atoms with van der Waals surface area (Å²) in [5.74, 6) is 5.35. The van der Waals surface area contributed by atoms with Crippen molar-refractivity contribution >= 4 is 37.7 Å². The van der Waals surface area contributed by atoms with Crippen LogP contribution < -0.4 is 11.6 Å². The van der Waals surface area contributed by atoms with Crippen molar-refractivity contribution in [2.75, 3.05) is 0 Å². The topological polar surface area (TPSA) is 64.4 Å². The Hall–Kier alpha value is -0.550. The maximum atomic E-state index is 5.52. The lowest BCUT2D eigenvalue weighted by Crippen LogP contribution is -2.15. The van der Waals surface area contributed by atoms with E-state index < -0.39 is 0 Å². The van der Waals surface area contributed by atoms with Crippen LogP contribution in [-0.2, 0) is 0 Å². The third kappa shape index (κ3) is 2.22. The maximum absolute atomic E-state index is 5.52. The summed E-state index contributed by atoms with van der Waals surface area (Å²) in [5.41, 5.74) is 6.31. The third-order valence-corrected chi connectivity index (χ3v) is 2.21. The Morgan fingerprint density at radius 3 is 2.08 bits per heavy atom. The average Bonchev–Trinajstić information content (AvgIpc) is 2.01. The molecule has 0 heterocycles. The SMILES string of the molecule is N/N=C(/N)c1cc(Br)cc(Br)c1. The number of rotatable bonds is 1. The molecule has 0 saturated heterocycles. The molecule has 64 valence electrons. The van der Waals surface area contributed by atoms with Gasteiger partial charge in [-0.1, -0.05) is 31.9 Å². The fourth-order valence-corrected chi connectivity index (χ4v) is 2.07. The molecule has 0 amide bonds. The molecule has 1 aromatic carbocycles. The van der Waals surface area contributed by atoms with Gasteiger partial charge in [-0.05, 0) is 18.2 Å². The van der Waals surface area contributed by atoms with Gasteiger partial charge in [-0.3, -0.25) is 0 Å². The zero-order valence-corrected chi connectivity index (χ0v) is 9.26. The maximum Gasteiger partial charge on any atom is 0.150 e. The van der Waals surface area contributed by atoms with Gasteiger partial charge in [0.1, 0.15) is 5.84 Å². The molecule has 0 radical (unpaired) electrons. The van der Waals surface area contributed by atoms with E-state index in [1.165, 1.54) is 0 Å². The van der Waals surface area contributed by atoms with Gasteiger partial charge in [0.2, 0.25) is 0 Å². The Morgan fingerprint density at radius 2 is 1.67 bits per heavy atom. The minimum absolute atomic E-state index is 0.317. The summed E-state index contributed by atoms with van der Waals surface area (Å²) < 4.78 is 1.86. The van der Waals surface area contributed by atoms with Gasteiger partial charge >= 0.3 is 0 Å². The highest BCUT2D eigenvalue weighted by Crippen LogP contribution is 2.19. The highest BCUT2D eigenvalue weighted by Gasteiger charge is 2.00. The molecule has 0 fully saturated rings. The van der Waals surface area contributed by atoms with Gasteiger partial charge in [0.25, 0.3) is 0 Å². The van der Waals surface area contributed by atoms with E-state index in [2.05, 4.69) is 37.0 Å². The molecule has 0 bridgehead atoms. The lowest BCUT2D eigenvalue weighted by molar-refractivity contribution is 1.23. The highest BCUT2D eigenvalue weighted by atomic mass is 79.9. The summed E-state index contributed by atoms with van der Waals surface area (Å²) in [6, 6.07) is 5.60. The van der Waals surface area contributed by atoms with Crippen molar-refractivity contribution in [2.45, 2.75) is 0 Å². The summed E-state index contributed by atoms with van der Waals surface area (Å²) in [6.07, 6.45) is 0. The van der Waals surface area contributed by atoms with Gasteiger partial charge in [-0.2, -0.15) is 5.10 Å². The first-order valence-electron chi connectivity index (χ1n) is 3.13. The van der Waals surface area contributed by atoms with E-state index in [1.807, 2.05) is 18.2 Å². The smallest absolute Gasteiger partial charge is 0.150 e. The molecule has 0 aromatic heterocycles. The van der Waals surface area contributed by atoms with Crippen molar-refractivity contribution in [1.29, 1.82) is 0 Å². The van der Waals surface area contributed by atoms with E-state index in [4.69, 9.17) is 11.6 Å². The molecule has 12 heavy (non-hydrogen) atoms. The van der Waals surface area contributed by atoms with Crippen molar-refractivity contribution in [3.8, 4) is 0 Å². The molecule has 0 spiro atoms. The average molecular weight is 293 g/mol. The van der Waals surface area contributed by atoms with Crippen LogP contribution in [0, 0.1) is 0 Å². The largest absolute Gasteiger partial charge is 0.382 e. The summed E-state index contributed by atoms with van der Waals surface area (Å²) in [5, 5.41) is 3.39. The van der Waals surface area contributed by atoms with Crippen LogP contribution in [0.15, 0.2) is 32.2 Å². The standard InChI is InChI=1S/C7H7Br2N3/c8-5-1-4(7(10)12-11)2-6(9)3-5/h1-3H,11H2,(H2,10,12). The van der Waals surface area contributed by atoms with Crippen LogP contribution in [0.25, 0.3) is 0 Å². The highest BCUT2D eigenvalue weighted by molar-refractivity contribution is 9.11. The number of nitrogens with two attached hydrogens (primary N) is 2. The van der Waals surface area contributed by atoms with E-state index in [0.717, 1.165) is 14.5 Å². The van der Waals surface area contributed by atoms with Crippen LogP contribution >= 0.6 is 31.9 Å². The zero-order chi connectivity index (χ0) is 9.14. The Balaban J connectivity index is 3.17. The van der Waals surface area contributed by atoms with Gasteiger partial charge in [0.05, 0.1) is 0 Å². The second-order valence-corrected chi connectivity index (χ2v) is 4.00. The number of amidine groups is 1. The molecular weight excluding hydrogens is 286 g/mol. The fraction of sp³-hybridized carbons (Fsp3) is 0. The van der Waals surface area contributed by atoms with Crippen molar-refractivity contribution in [3.63, 3.8) is 0 Å². The van der Waals surface area contributed by atoms with Crippen LogP contribution in [0.4, 0.5) is 0 Å². The third-order valence-electron chi connectivity index (χ3n) is 1.30. The Labute approximate surface area is 87.1 Å². The van der Waals surface area contributed by atoms with E-state index in [9.17, 15) is 0 Å². The van der Waals surface area contributed by atoms with Crippen LogP contribution in [0.3, 0.4) is 0 Å². The quantitative estimate of drug-likeness (QED) is 0.359. The first-order valence-corrected chi connectivity index (χ1v) is 4.72. The van der Waals surface area contributed by atoms with Gasteiger partial charge in [-0.25, -0.2) is 0 Å². The number of nitrogens with zero attached hydrogens (tertiary/aromatic N) is 1. The number of benzene rings is 1. The normalized spacial score (nSPS) is 11.7. The molecule has 0 atom stereocenters. The van der Waals surface area contributed by atoms with Crippen LogP contribution in [0.1, 0.15) is 5.56 Å². The lowest BCUT2D eigenvalue weighted by atomic mass is 10.2. The van der Waals surface area contributed by atoms with Gasteiger partial charge in [0, 0.05) is 14.5 Å². The Kier molecular flexibility index (Phi) is 3.11. The Bertz CT molecular complexity index is 302. The van der Waals surface area contributed by atoms with Gasteiger partial charge < -0.3 is 11.6 Å². The predicted molar refractivity (Wildman–Crippen MR) is 56.8 cm³/mol. The molecule has 1 rings (SSSR count). The first kappa shape index (κ1) is 9.54. The molecule has 0 aliphatic carbocycles. The number of hydrazone groups is 1. The van der Waals surface area contributed by atoms with Crippen molar-refractivity contribution in [1.82, 2.24) is 0 Å². The monoisotopic (exact) mass is 291 g/mol. The van der Waals surface area contributed by atoms with Crippen molar-refractivity contribution in [3.05, 3.63) is 32.7 Å². The molecule has 3 nitrogen and oxygen atoms in total. The summed E-state index contributed by atoms with van der Waals surface area (Å²) in [6.45, 7) is 0. The van der Waals surface area contributed by atoms with E-state index >= 15 is 0 Å². The summed E-state index contributed by atoms with van der Waals surface area (Å²) in [7, 11) is 0. The van der Waals surface area contributed by atoms with Crippen LogP contribution in [0.5, 0.6) is 0 Å². The minimum atomic E-state index is 0.317. The van der Waals surface area contributed by atoms with Crippen molar-refractivity contribution < 1.29 is 0 Å². The van der Waals surface area contributed by atoms with Crippen LogP contribution in [0.2, 0.25) is 0 Å². The molecule has 5 heteroatoms. The fourth-order valence-electron chi connectivity index (χ4n) is 0.776. The Morgan fingerprint density at radius 1 is 1.17 bits per heavy atom. The molecular formula is C7H7Br2N3. The summed E-state index contributed by atoms with van der Waals surface area (Å²) >= 11 is 6.66. The molecule has 0 aliphatic rings. The number of hydrogen-bond acceptors (Lipinski definition) is 2. The van der Waals surface area contributed by atoms with E-state index in [1.54, 1.807) is 0 Å². The summed E-state index contributed by atoms with van der Waals surface area (Å²) in [4.78, 5) is 0. The lowest BCUT2D eigenvalue weighted by Gasteiger charge is -2.00. The minimum Gasteiger partial charge on any atom is -0.382 e. The van der Waals surface area contributed by atoms with E-state index in [-0.39, 0.29) is 0 Å². The molecule has 0 aliphatic heterocycles. The zero-order valence-electron chi connectivity index (χ0n) is 6.09.